The van der Waals surface area contributed by atoms with Crippen LogP contribution in [0, 0.1) is 12.7 Å². The summed E-state index contributed by atoms with van der Waals surface area (Å²) >= 11 is 0. The summed E-state index contributed by atoms with van der Waals surface area (Å²) in [4.78, 5) is 0. The average molecular weight is 165 g/mol. The molecule has 12 heavy (non-hydrogen) atoms. The standard InChI is InChI=1S/C11H14F/c1-2-3-4-5-10-6-8-11(12)9-7-10/h6-9H,1-5H2. The van der Waals surface area contributed by atoms with Gasteiger partial charge in [-0.1, -0.05) is 31.9 Å². The van der Waals surface area contributed by atoms with Crippen LogP contribution >= 0.6 is 0 Å². The van der Waals surface area contributed by atoms with Crippen molar-refractivity contribution in [1.29, 1.82) is 0 Å². The molecule has 0 unspecified atom stereocenters. The molecule has 0 saturated carbocycles. The first-order valence-electron chi connectivity index (χ1n) is 4.36. The fraction of sp³-hybridized carbons (Fsp3) is 0.364. The Bertz CT molecular complexity index is 213. The van der Waals surface area contributed by atoms with Crippen LogP contribution in [0.4, 0.5) is 4.39 Å². The summed E-state index contributed by atoms with van der Waals surface area (Å²) in [6, 6.07) is 6.72. The Kier molecular flexibility index (Phi) is 3.78. The second-order valence-corrected chi connectivity index (χ2v) is 2.94. The van der Waals surface area contributed by atoms with Gasteiger partial charge < -0.3 is 0 Å². The van der Waals surface area contributed by atoms with Crippen molar-refractivity contribution in [1.82, 2.24) is 0 Å². The summed E-state index contributed by atoms with van der Waals surface area (Å²) in [7, 11) is 0. The van der Waals surface area contributed by atoms with Gasteiger partial charge in [-0.05, 0) is 30.5 Å². The van der Waals surface area contributed by atoms with Crippen molar-refractivity contribution in [3.05, 3.63) is 42.6 Å². The lowest BCUT2D eigenvalue weighted by molar-refractivity contribution is 0.626. The Balaban J connectivity index is 2.37. The van der Waals surface area contributed by atoms with Crippen molar-refractivity contribution in [3.63, 3.8) is 0 Å². The van der Waals surface area contributed by atoms with Gasteiger partial charge in [0.05, 0.1) is 0 Å². The van der Waals surface area contributed by atoms with Crippen LogP contribution in [0.3, 0.4) is 0 Å². The first-order chi connectivity index (χ1) is 5.83. The monoisotopic (exact) mass is 165 g/mol. The quantitative estimate of drug-likeness (QED) is 0.600. The summed E-state index contributed by atoms with van der Waals surface area (Å²) in [5.41, 5.74) is 1.21. The van der Waals surface area contributed by atoms with Gasteiger partial charge in [0.25, 0.3) is 0 Å². The SMILES string of the molecule is [CH2]CCCCc1ccc(F)cc1. The van der Waals surface area contributed by atoms with Crippen LogP contribution in [0.1, 0.15) is 24.8 Å². The molecular weight excluding hydrogens is 151 g/mol. The van der Waals surface area contributed by atoms with Gasteiger partial charge in [0.15, 0.2) is 0 Å². The zero-order valence-electron chi connectivity index (χ0n) is 7.22. The highest BCUT2D eigenvalue weighted by atomic mass is 19.1. The average Bonchev–Trinajstić information content (AvgIpc) is 2.09. The third-order valence-electron chi connectivity index (χ3n) is 1.88. The van der Waals surface area contributed by atoms with Crippen molar-refractivity contribution >= 4 is 0 Å². The number of unbranched alkanes of at least 4 members (excludes halogenated alkanes) is 2. The van der Waals surface area contributed by atoms with Gasteiger partial charge in [-0.2, -0.15) is 0 Å². The van der Waals surface area contributed by atoms with Crippen LogP contribution in [-0.4, -0.2) is 0 Å². The summed E-state index contributed by atoms with van der Waals surface area (Å²) in [5.74, 6) is -0.157. The van der Waals surface area contributed by atoms with Gasteiger partial charge in [-0.15, -0.1) is 0 Å². The summed E-state index contributed by atoms with van der Waals surface area (Å²) in [6.07, 6.45) is 4.32. The van der Waals surface area contributed by atoms with E-state index in [-0.39, 0.29) is 5.82 Å². The van der Waals surface area contributed by atoms with E-state index in [4.69, 9.17) is 0 Å². The van der Waals surface area contributed by atoms with E-state index in [0.717, 1.165) is 25.7 Å². The molecular formula is C11H14F. The second kappa shape index (κ2) is 4.91. The second-order valence-electron chi connectivity index (χ2n) is 2.94. The minimum absolute atomic E-state index is 0.157. The molecule has 0 fully saturated rings. The maximum atomic E-state index is 12.5. The van der Waals surface area contributed by atoms with Gasteiger partial charge in [-0.25, -0.2) is 4.39 Å². The van der Waals surface area contributed by atoms with Crippen LogP contribution in [0.15, 0.2) is 24.3 Å². The molecule has 0 atom stereocenters. The zero-order valence-corrected chi connectivity index (χ0v) is 7.22. The van der Waals surface area contributed by atoms with Crippen LogP contribution in [0.25, 0.3) is 0 Å². The Morgan fingerprint density at radius 2 is 1.75 bits per heavy atom. The highest BCUT2D eigenvalue weighted by molar-refractivity contribution is 5.15. The number of rotatable bonds is 4. The van der Waals surface area contributed by atoms with Crippen molar-refractivity contribution in [3.8, 4) is 0 Å². The predicted octanol–water partition coefficient (Wildman–Crippen LogP) is 3.37. The number of hydrogen-bond donors (Lipinski definition) is 0. The Morgan fingerprint density at radius 1 is 1.08 bits per heavy atom. The molecule has 0 amide bonds. The molecule has 0 aliphatic rings. The Morgan fingerprint density at radius 3 is 2.33 bits per heavy atom. The number of halogens is 1. The maximum Gasteiger partial charge on any atom is 0.123 e. The van der Waals surface area contributed by atoms with Crippen molar-refractivity contribution < 1.29 is 4.39 Å². The minimum atomic E-state index is -0.157. The molecule has 0 saturated heterocycles. The van der Waals surface area contributed by atoms with E-state index in [1.54, 1.807) is 0 Å². The van der Waals surface area contributed by atoms with E-state index in [2.05, 4.69) is 6.92 Å². The molecule has 0 spiro atoms. The van der Waals surface area contributed by atoms with Crippen LogP contribution in [0.2, 0.25) is 0 Å². The summed E-state index contributed by atoms with van der Waals surface area (Å²) < 4.78 is 12.5. The number of hydrogen-bond acceptors (Lipinski definition) is 0. The maximum absolute atomic E-state index is 12.5. The first kappa shape index (κ1) is 9.24. The fourth-order valence-corrected chi connectivity index (χ4v) is 1.16. The molecule has 0 aliphatic heterocycles. The van der Waals surface area contributed by atoms with Gasteiger partial charge in [0.2, 0.25) is 0 Å². The van der Waals surface area contributed by atoms with Crippen LogP contribution in [-0.2, 0) is 6.42 Å². The van der Waals surface area contributed by atoms with Crippen molar-refractivity contribution in [2.24, 2.45) is 0 Å². The van der Waals surface area contributed by atoms with E-state index in [0.29, 0.717) is 0 Å². The lowest BCUT2D eigenvalue weighted by Crippen LogP contribution is -1.85. The number of benzene rings is 1. The van der Waals surface area contributed by atoms with E-state index >= 15 is 0 Å². The molecule has 1 aromatic carbocycles. The molecule has 1 aromatic rings. The largest absolute Gasteiger partial charge is 0.207 e. The summed E-state index contributed by atoms with van der Waals surface area (Å²) in [5, 5.41) is 0. The normalized spacial score (nSPS) is 10.2. The first-order valence-corrected chi connectivity index (χ1v) is 4.36. The van der Waals surface area contributed by atoms with Gasteiger partial charge in [-0.3, -0.25) is 0 Å². The third-order valence-corrected chi connectivity index (χ3v) is 1.88. The molecule has 1 heteroatoms. The predicted molar refractivity (Wildman–Crippen MR) is 49.3 cm³/mol. The molecule has 1 rings (SSSR count). The Hall–Kier alpha value is -0.850. The van der Waals surface area contributed by atoms with Gasteiger partial charge in [0, 0.05) is 0 Å². The van der Waals surface area contributed by atoms with E-state index < -0.39 is 0 Å². The van der Waals surface area contributed by atoms with Crippen molar-refractivity contribution in [2.75, 3.05) is 0 Å². The third kappa shape index (κ3) is 3.04. The van der Waals surface area contributed by atoms with E-state index in [1.165, 1.54) is 17.7 Å². The highest BCUT2D eigenvalue weighted by Gasteiger charge is 1.92. The van der Waals surface area contributed by atoms with Crippen molar-refractivity contribution in [2.45, 2.75) is 25.7 Å². The highest BCUT2D eigenvalue weighted by Crippen LogP contribution is 2.07. The smallest absolute Gasteiger partial charge is 0.123 e. The molecule has 1 radical (unpaired) electrons. The van der Waals surface area contributed by atoms with Gasteiger partial charge >= 0.3 is 0 Å². The minimum Gasteiger partial charge on any atom is -0.207 e. The molecule has 65 valence electrons. The zero-order chi connectivity index (χ0) is 8.81. The van der Waals surface area contributed by atoms with Crippen LogP contribution in [0.5, 0.6) is 0 Å². The van der Waals surface area contributed by atoms with Crippen LogP contribution < -0.4 is 0 Å². The molecule has 0 aromatic heterocycles. The molecule has 0 heterocycles. The fourth-order valence-electron chi connectivity index (χ4n) is 1.16. The van der Waals surface area contributed by atoms with E-state index in [1.807, 2.05) is 12.1 Å². The van der Waals surface area contributed by atoms with Gasteiger partial charge in [0.1, 0.15) is 5.82 Å². The number of aryl methyl sites for hydroxylation is 1. The lowest BCUT2D eigenvalue weighted by atomic mass is 10.1. The summed E-state index contributed by atoms with van der Waals surface area (Å²) in [6.45, 7) is 3.77. The van der Waals surface area contributed by atoms with E-state index in [9.17, 15) is 4.39 Å². The molecule has 0 nitrogen and oxygen atoms in total. The Labute approximate surface area is 73.4 Å². The molecule has 0 N–H and O–H groups in total. The molecule has 0 aliphatic carbocycles. The topological polar surface area (TPSA) is 0 Å². The molecule has 0 bridgehead atoms. The lowest BCUT2D eigenvalue weighted by Gasteiger charge is -1.99.